The zero-order chi connectivity index (χ0) is 25.8. The number of ether oxygens (including phenoxy) is 1. The van der Waals surface area contributed by atoms with E-state index in [0.29, 0.717) is 18.8 Å². The molecule has 1 heterocycles. The largest absolute Gasteiger partial charge is 0.478 e. The number of amides is 1. The average Bonchev–Trinajstić information content (AvgIpc) is 3.37. The monoisotopic (exact) mass is 494 g/mol. The lowest BCUT2D eigenvalue weighted by atomic mass is 9.88. The fourth-order valence-corrected chi connectivity index (χ4v) is 5.20. The van der Waals surface area contributed by atoms with E-state index in [4.69, 9.17) is 9.84 Å². The van der Waals surface area contributed by atoms with Gasteiger partial charge in [-0.3, -0.25) is 0 Å². The van der Waals surface area contributed by atoms with Gasteiger partial charge in [0.2, 0.25) is 0 Å². The standard InChI is InChI=1S/C31H30N2O4/c1-21(27-13-7-11-22-10-5-6-12-28(22)27)32-18-25-19-33(20-29(25)23-8-3-2-4-9-23)31(36)37-26-16-14-24(15-17-26)30(34)35/h2-17,21,25,29,32H,18-20H2,1H3,(H,34,35)/t21-,25+,29-/m0/s1. The molecule has 0 aromatic heterocycles. The number of rotatable bonds is 7. The summed E-state index contributed by atoms with van der Waals surface area (Å²) in [5.41, 5.74) is 2.61. The molecule has 0 bridgehead atoms. The second-order valence-electron chi connectivity index (χ2n) is 9.58. The van der Waals surface area contributed by atoms with Gasteiger partial charge < -0.3 is 20.1 Å². The predicted octanol–water partition coefficient (Wildman–Crippen LogP) is 6.10. The van der Waals surface area contributed by atoms with Crippen LogP contribution in [0.15, 0.2) is 97.1 Å². The number of fused-ring (bicyclic) bond motifs is 1. The quantitative estimate of drug-likeness (QED) is 0.324. The number of carbonyl (C=O) groups is 2. The first-order valence-electron chi connectivity index (χ1n) is 12.6. The highest BCUT2D eigenvalue weighted by atomic mass is 16.6. The van der Waals surface area contributed by atoms with Gasteiger partial charge >= 0.3 is 12.1 Å². The molecule has 1 fully saturated rings. The van der Waals surface area contributed by atoms with E-state index in [1.165, 1.54) is 46.2 Å². The van der Waals surface area contributed by atoms with Crippen molar-refractivity contribution < 1.29 is 19.4 Å². The molecule has 188 valence electrons. The first kappa shape index (κ1) is 24.5. The minimum Gasteiger partial charge on any atom is -0.478 e. The molecule has 0 radical (unpaired) electrons. The van der Waals surface area contributed by atoms with E-state index in [1.807, 2.05) is 18.2 Å². The van der Waals surface area contributed by atoms with Gasteiger partial charge in [0.25, 0.3) is 0 Å². The Labute approximate surface area is 216 Å². The first-order chi connectivity index (χ1) is 18.0. The van der Waals surface area contributed by atoms with Crippen molar-refractivity contribution in [1.82, 2.24) is 10.2 Å². The lowest BCUT2D eigenvalue weighted by Gasteiger charge is -2.23. The Balaban J connectivity index is 1.29. The number of hydrogen-bond acceptors (Lipinski definition) is 4. The minimum atomic E-state index is -1.02. The molecule has 4 aromatic carbocycles. The molecule has 1 aliphatic heterocycles. The maximum Gasteiger partial charge on any atom is 0.415 e. The zero-order valence-electron chi connectivity index (χ0n) is 20.7. The fourth-order valence-electron chi connectivity index (χ4n) is 5.20. The van der Waals surface area contributed by atoms with Crippen LogP contribution in [0.25, 0.3) is 10.8 Å². The third kappa shape index (κ3) is 5.49. The number of hydrogen-bond donors (Lipinski definition) is 2. The lowest BCUT2D eigenvalue weighted by Crippen LogP contribution is -2.33. The molecule has 6 heteroatoms. The summed E-state index contributed by atoms with van der Waals surface area (Å²) in [5.74, 6) is -0.300. The van der Waals surface area contributed by atoms with Gasteiger partial charge in [-0.05, 0) is 59.0 Å². The highest BCUT2D eigenvalue weighted by Gasteiger charge is 2.37. The number of carbonyl (C=O) groups excluding carboxylic acids is 1. The first-order valence-corrected chi connectivity index (χ1v) is 12.6. The van der Waals surface area contributed by atoms with Crippen LogP contribution < -0.4 is 10.1 Å². The molecule has 5 rings (SSSR count). The predicted molar refractivity (Wildman–Crippen MR) is 144 cm³/mol. The molecule has 3 atom stereocenters. The van der Waals surface area contributed by atoms with Crippen LogP contribution in [0.4, 0.5) is 4.79 Å². The van der Waals surface area contributed by atoms with Crippen LogP contribution in [0.3, 0.4) is 0 Å². The van der Waals surface area contributed by atoms with E-state index in [1.54, 1.807) is 4.90 Å². The Kier molecular flexibility index (Phi) is 7.19. The van der Waals surface area contributed by atoms with Gasteiger partial charge in [0.05, 0.1) is 5.56 Å². The molecule has 0 saturated carbocycles. The van der Waals surface area contributed by atoms with E-state index in [9.17, 15) is 9.59 Å². The summed E-state index contributed by atoms with van der Waals surface area (Å²) in [6, 6.07) is 31.1. The second kappa shape index (κ2) is 10.8. The molecule has 37 heavy (non-hydrogen) atoms. The van der Waals surface area contributed by atoms with Crippen molar-refractivity contribution >= 4 is 22.8 Å². The second-order valence-corrected chi connectivity index (χ2v) is 9.58. The Bertz CT molecular complexity index is 1380. The van der Waals surface area contributed by atoms with Crippen LogP contribution >= 0.6 is 0 Å². The number of benzene rings is 4. The number of likely N-dealkylation sites (tertiary alicyclic amines) is 1. The average molecular weight is 495 g/mol. The van der Waals surface area contributed by atoms with Crippen LogP contribution in [-0.2, 0) is 0 Å². The summed E-state index contributed by atoms with van der Waals surface area (Å²) in [7, 11) is 0. The molecule has 1 aliphatic rings. The number of carboxylic acids is 1. The fraction of sp³-hybridized carbons (Fsp3) is 0.226. The van der Waals surface area contributed by atoms with Crippen LogP contribution in [-0.4, -0.2) is 41.7 Å². The molecule has 6 nitrogen and oxygen atoms in total. The molecule has 0 aliphatic carbocycles. The zero-order valence-corrected chi connectivity index (χ0v) is 20.7. The molecule has 0 unspecified atom stereocenters. The van der Waals surface area contributed by atoms with Crippen molar-refractivity contribution in [2.24, 2.45) is 5.92 Å². The van der Waals surface area contributed by atoms with Crippen LogP contribution in [0, 0.1) is 5.92 Å². The minimum absolute atomic E-state index is 0.149. The molecule has 2 N–H and O–H groups in total. The van der Waals surface area contributed by atoms with Gasteiger partial charge in [-0.15, -0.1) is 0 Å². The summed E-state index contributed by atoms with van der Waals surface area (Å²) in [6.07, 6.45) is -0.423. The number of aromatic carboxylic acids is 1. The summed E-state index contributed by atoms with van der Waals surface area (Å²) < 4.78 is 5.58. The van der Waals surface area contributed by atoms with Crippen molar-refractivity contribution in [3.8, 4) is 5.75 Å². The topological polar surface area (TPSA) is 78.9 Å². The van der Waals surface area contributed by atoms with Gasteiger partial charge in [-0.1, -0.05) is 72.8 Å². The Hall–Kier alpha value is -4.16. The lowest BCUT2D eigenvalue weighted by molar-refractivity contribution is 0.0697. The molecule has 0 spiro atoms. The van der Waals surface area contributed by atoms with Crippen LogP contribution in [0.2, 0.25) is 0 Å². The van der Waals surface area contributed by atoms with Gasteiger partial charge in [0, 0.05) is 31.6 Å². The van der Waals surface area contributed by atoms with Crippen LogP contribution in [0.5, 0.6) is 5.75 Å². The number of nitrogens with zero attached hydrogens (tertiary/aromatic N) is 1. The molecule has 1 amide bonds. The summed E-state index contributed by atoms with van der Waals surface area (Å²) in [4.78, 5) is 25.9. The van der Waals surface area contributed by atoms with Crippen molar-refractivity contribution in [2.45, 2.75) is 18.9 Å². The number of nitrogens with one attached hydrogen (secondary N) is 1. The molecule has 1 saturated heterocycles. The summed E-state index contributed by atoms with van der Waals surface area (Å²) >= 11 is 0. The van der Waals surface area contributed by atoms with Gasteiger partial charge in [-0.25, -0.2) is 9.59 Å². The van der Waals surface area contributed by atoms with E-state index < -0.39 is 12.1 Å². The van der Waals surface area contributed by atoms with Gasteiger partial charge in [-0.2, -0.15) is 0 Å². The summed E-state index contributed by atoms with van der Waals surface area (Å²) in [6.45, 7) is 4.06. The maximum atomic E-state index is 13.0. The normalized spacial score (nSPS) is 18.0. The van der Waals surface area contributed by atoms with E-state index in [2.05, 4.69) is 66.8 Å². The highest BCUT2D eigenvalue weighted by molar-refractivity contribution is 5.88. The Morgan fingerprint density at radius 2 is 1.62 bits per heavy atom. The highest BCUT2D eigenvalue weighted by Crippen LogP contribution is 2.34. The molecular formula is C31H30N2O4. The Morgan fingerprint density at radius 1 is 0.919 bits per heavy atom. The van der Waals surface area contributed by atoms with Crippen molar-refractivity contribution in [1.29, 1.82) is 0 Å². The summed E-state index contributed by atoms with van der Waals surface area (Å²) in [5, 5.41) is 15.3. The van der Waals surface area contributed by atoms with Crippen molar-refractivity contribution in [3.63, 3.8) is 0 Å². The van der Waals surface area contributed by atoms with Crippen LogP contribution in [0.1, 0.15) is 40.4 Å². The molecule has 4 aromatic rings. The third-order valence-corrected chi connectivity index (χ3v) is 7.21. The number of carboxylic acid groups (broad SMARTS) is 1. The van der Waals surface area contributed by atoms with E-state index in [-0.39, 0.29) is 23.4 Å². The smallest absolute Gasteiger partial charge is 0.415 e. The van der Waals surface area contributed by atoms with Gasteiger partial charge in [0.15, 0.2) is 0 Å². The van der Waals surface area contributed by atoms with E-state index >= 15 is 0 Å². The Morgan fingerprint density at radius 3 is 2.38 bits per heavy atom. The van der Waals surface area contributed by atoms with Gasteiger partial charge in [0.1, 0.15) is 5.75 Å². The van der Waals surface area contributed by atoms with Crippen molar-refractivity contribution in [3.05, 3.63) is 114 Å². The molecular weight excluding hydrogens is 464 g/mol. The van der Waals surface area contributed by atoms with E-state index in [0.717, 1.165) is 6.54 Å². The van der Waals surface area contributed by atoms with Crippen molar-refractivity contribution in [2.75, 3.05) is 19.6 Å². The third-order valence-electron chi connectivity index (χ3n) is 7.21. The maximum absolute atomic E-state index is 13.0. The SMILES string of the molecule is C[C@H](NC[C@@H]1CN(C(=O)Oc2ccc(C(=O)O)cc2)C[C@H]1c1ccccc1)c1cccc2ccccc12.